The number of hydrogen-bond acceptors (Lipinski definition) is 5. The zero-order valence-electron chi connectivity index (χ0n) is 20.3. The lowest BCUT2D eigenvalue weighted by Crippen LogP contribution is -2.39. The van der Waals surface area contributed by atoms with Gasteiger partial charge < -0.3 is 20.5 Å². The molecule has 1 unspecified atom stereocenters. The van der Waals surface area contributed by atoms with E-state index in [1.165, 1.54) is 18.4 Å². The molecule has 0 radical (unpaired) electrons. The molecule has 2 aliphatic rings. The number of thiol groups is 1. The van der Waals surface area contributed by atoms with E-state index in [2.05, 4.69) is 10.6 Å². The molecule has 192 valence electrons. The van der Waals surface area contributed by atoms with Crippen molar-refractivity contribution >= 4 is 38.8 Å². The topological polar surface area (TPSA) is 131 Å². The van der Waals surface area contributed by atoms with Crippen molar-refractivity contribution in [1.82, 2.24) is 5.32 Å². The fourth-order valence-electron chi connectivity index (χ4n) is 4.35. The van der Waals surface area contributed by atoms with Crippen molar-refractivity contribution in [2.45, 2.75) is 38.5 Å². The van der Waals surface area contributed by atoms with Crippen LogP contribution in [0.25, 0.3) is 11.1 Å². The number of carboxylic acids is 1. The number of carbonyl (C=O) groups excluding carboxylic acids is 1. The van der Waals surface area contributed by atoms with Gasteiger partial charge in [0.2, 0.25) is 0 Å². The van der Waals surface area contributed by atoms with Crippen LogP contribution >= 0.6 is 0 Å². The van der Waals surface area contributed by atoms with E-state index in [1.54, 1.807) is 6.07 Å². The van der Waals surface area contributed by atoms with Crippen LogP contribution in [0.5, 0.6) is 0 Å². The van der Waals surface area contributed by atoms with E-state index in [0.29, 0.717) is 29.1 Å². The molecule has 0 aromatic heterocycles. The lowest BCUT2D eigenvalue weighted by Gasteiger charge is -2.23. The Labute approximate surface area is 210 Å². The van der Waals surface area contributed by atoms with E-state index in [0.717, 1.165) is 16.7 Å². The molecule has 0 bridgehead atoms. The monoisotopic (exact) mass is 515 g/mol. The van der Waals surface area contributed by atoms with Crippen LogP contribution in [-0.4, -0.2) is 44.8 Å². The Balaban J connectivity index is 1.53. The Morgan fingerprint density at radius 3 is 2.58 bits per heavy atom. The number of hydrogen-bond donors (Lipinski definition) is 5. The van der Waals surface area contributed by atoms with Crippen LogP contribution in [0, 0.1) is 5.82 Å². The minimum Gasteiger partial charge on any atom is -0.482 e. The molecule has 0 saturated carbocycles. The number of fused-ring (bicyclic) bond motifs is 1. The van der Waals surface area contributed by atoms with Crippen LogP contribution < -0.4 is 15.8 Å². The van der Waals surface area contributed by atoms with E-state index in [-0.39, 0.29) is 18.1 Å². The molecule has 4 rings (SSSR count). The third-order valence-corrected chi connectivity index (χ3v) is 7.39. The molecule has 10 heteroatoms. The Morgan fingerprint density at radius 2 is 1.94 bits per heavy atom. The molecule has 2 aliphatic heterocycles. The average molecular weight is 516 g/mol. The number of nitrogens with one attached hydrogen (secondary N) is 2. The molecule has 0 aliphatic carbocycles. The van der Waals surface area contributed by atoms with Crippen LogP contribution in [0.1, 0.15) is 37.0 Å². The van der Waals surface area contributed by atoms with Gasteiger partial charge in [-0.05, 0) is 55.7 Å². The number of carbonyl (C=O) groups is 2. The summed E-state index contributed by atoms with van der Waals surface area (Å²) in [6.45, 7) is 4.13. The zero-order chi connectivity index (χ0) is 26.3. The smallest absolute Gasteiger partial charge is 0.320 e. The number of allylic oxidation sites excluding steroid dienone is 1. The number of aliphatic carboxylic acids is 1. The molecule has 0 saturated heterocycles. The van der Waals surface area contributed by atoms with Crippen molar-refractivity contribution in [3.63, 3.8) is 0 Å². The van der Waals surface area contributed by atoms with Crippen LogP contribution in [-0.2, 0) is 31.0 Å². The molecule has 0 spiro atoms. The third-order valence-electron chi connectivity index (χ3n) is 6.24. The summed E-state index contributed by atoms with van der Waals surface area (Å²) in [6, 6.07) is 10.9. The summed E-state index contributed by atoms with van der Waals surface area (Å²) in [5.74, 6) is -1.23. The maximum atomic E-state index is 13.6. The Bertz CT molecular complexity index is 1330. The number of amides is 1. The van der Waals surface area contributed by atoms with Crippen molar-refractivity contribution in [2.24, 2.45) is 5.14 Å². The second-order valence-electron chi connectivity index (χ2n) is 9.71. The van der Waals surface area contributed by atoms with Crippen molar-refractivity contribution in [3.8, 4) is 0 Å². The Kier molecular flexibility index (Phi) is 6.87. The van der Waals surface area contributed by atoms with Gasteiger partial charge in [-0.1, -0.05) is 34.4 Å². The van der Waals surface area contributed by atoms with Crippen molar-refractivity contribution in [3.05, 3.63) is 76.8 Å². The lowest BCUT2D eigenvalue weighted by atomic mass is 9.91. The standard InChI is InChI=1S/C26H30FN3O5S/c1-26(2)19(13-22(35-26)23-18-9-8-17(27)12-21(18)30-24(23)31)16-6-4-15(5-7-16)14-29-20(25(32)33)10-11-36(3,28)34/h4-9,12-13,20,29,36H,10-11,14H2,1-3H3,(H2,28,34)(H,30,31)(H,32,33)/b23-22+. The average Bonchev–Trinajstić information content (AvgIpc) is 3.27. The van der Waals surface area contributed by atoms with Gasteiger partial charge in [0.1, 0.15) is 23.2 Å². The van der Waals surface area contributed by atoms with E-state index >= 15 is 0 Å². The number of ether oxygens (including phenoxy) is 1. The minimum atomic E-state index is -2.79. The molecular weight excluding hydrogens is 485 g/mol. The summed E-state index contributed by atoms with van der Waals surface area (Å²) < 4.78 is 31.5. The highest BCUT2D eigenvalue weighted by Crippen LogP contribution is 2.44. The number of carboxylic acid groups (broad SMARTS) is 1. The number of benzene rings is 2. The van der Waals surface area contributed by atoms with Crippen LogP contribution in [0.2, 0.25) is 0 Å². The maximum Gasteiger partial charge on any atom is 0.320 e. The van der Waals surface area contributed by atoms with Gasteiger partial charge >= 0.3 is 5.97 Å². The van der Waals surface area contributed by atoms with Gasteiger partial charge in [0.05, 0.1) is 11.3 Å². The maximum absolute atomic E-state index is 13.6. The van der Waals surface area contributed by atoms with Gasteiger partial charge in [0.25, 0.3) is 5.91 Å². The molecule has 8 nitrogen and oxygen atoms in total. The molecule has 36 heavy (non-hydrogen) atoms. The first-order valence-electron chi connectivity index (χ1n) is 11.5. The van der Waals surface area contributed by atoms with Gasteiger partial charge in [0, 0.05) is 29.7 Å². The molecule has 2 aromatic rings. The summed E-state index contributed by atoms with van der Waals surface area (Å²) in [5, 5.41) is 20.7. The summed E-state index contributed by atoms with van der Waals surface area (Å²) in [4.78, 5) is 24.2. The van der Waals surface area contributed by atoms with Gasteiger partial charge in [-0.25, -0.2) is 4.39 Å². The first-order chi connectivity index (χ1) is 16.8. The summed E-state index contributed by atoms with van der Waals surface area (Å²) in [6.07, 6.45) is 3.44. The fraction of sp³-hybridized carbons (Fsp3) is 0.308. The van der Waals surface area contributed by atoms with Crippen molar-refractivity contribution < 1.29 is 28.0 Å². The van der Waals surface area contributed by atoms with E-state index < -0.39 is 33.5 Å². The van der Waals surface area contributed by atoms with Crippen LogP contribution in [0.3, 0.4) is 0 Å². The quantitative estimate of drug-likeness (QED) is 0.272. The van der Waals surface area contributed by atoms with E-state index in [9.17, 15) is 23.3 Å². The highest BCUT2D eigenvalue weighted by molar-refractivity contribution is 8.00. The predicted octanol–water partition coefficient (Wildman–Crippen LogP) is 2.83. The lowest BCUT2D eigenvalue weighted by molar-refractivity contribution is -0.139. The Morgan fingerprint density at radius 1 is 1.25 bits per heavy atom. The van der Waals surface area contributed by atoms with Crippen LogP contribution in [0.4, 0.5) is 10.1 Å². The Hall–Kier alpha value is -3.34. The van der Waals surface area contributed by atoms with Gasteiger partial charge in [0.15, 0.2) is 0 Å². The summed E-state index contributed by atoms with van der Waals surface area (Å²) in [7, 11) is -2.79. The molecule has 1 atom stereocenters. The minimum absolute atomic E-state index is 0.147. The van der Waals surface area contributed by atoms with Gasteiger partial charge in [-0.2, -0.15) is 0 Å². The first-order valence-corrected chi connectivity index (χ1v) is 13.9. The normalized spacial score (nSPS) is 19.8. The molecule has 2 heterocycles. The second kappa shape index (κ2) is 9.61. The van der Waals surface area contributed by atoms with Crippen molar-refractivity contribution in [1.29, 1.82) is 0 Å². The van der Waals surface area contributed by atoms with Gasteiger partial charge in [-0.3, -0.25) is 18.9 Å². The number of anilines is 1. The number of nitrogens with two attached hydrogens (primary N) is 1. The van der Waals surface area contributed by atoms with Crippen molar-refractivity contribution in [2.75, 3.05) is 17.3 Å². The largest absolute Gasteiger partial charge is 0.482 e. The van der Waals surface area contributed by atoms with Crippen LogP contribution in [0.15, 0.2) is 54.3 Å². The zero-order valence-corrected chi connectivity index (χ0v) is 21.2. The number of rotatable bonds is 8. The fourth-order valence-corrected chi connectivity index (χ4v) is 5.12. The SMILES string of the molecule is CC1(C)O/C(=C2/C(=O)Nc3cc(F)ccc32)C=C1c1ccc(CNC(CC[SH](C)(N)=O)C(=O)O)cc1. The predicted molar refractivity (Wildman–Crippen MR) is 139 cm³/mol. The highest BCUT2D eigenvalue weighted by Gasteiger charge is 2.38. The third kappa shape index (κ3) is 5.56. The summed E-state index contributed by atoms with van der Waals surface area (Å²) in [5.41, 5.74) is 3.29. The number of halogens is 1. The highest BCUT2D eigenvalue weighted by atomic mass is 32.3. The second-order valence-corrected chi connectivity index (χ2v) is 12.5. The molecule has 2 aromatic carbocycles. The molecule has 1 amide bonds. The molecular formula is C26H30FN3O5S. The van der Waals surface area contributed by atoms with Gasteiger partial charge in [-0.15, -0.1) is 0 Å². The van der Waals surface area contributed by atoms with E-state index in [1.807, 2.05) is 44.2 Å². The first kappa shape index (κ1) is 25.7. The molecule has 0 fully saturated rings. The van der Waals surface area contributed by atoms with E-state index in [4.69, 9.17) is 9.88 Å². The summed E-state index contributed by atoms with van der Waals surface area (Å²) >= 11 is 0. The molecule has 5 N–H and O–H groups in total.